The van der Waals surface area contributed by atoms with Gasteiger partial charge in [-0.2, -0.15) is 0 Å². The minimum absolute atomic E-state index is 0.0453. The first kappa shape index (κ1) is 20.1. The van der Waals surface area contributed by atoms with E-state index in [4.69, 9.17) is 9.15 Å². The summed E-state index contributed by atoms with van der Waals surface area (Å²) in [4.78, 5) is 12.9. The molecule has 1 aliphatic carbocycles. The molecule has 1 N–H and O–H groups in total. The summed E-state index contributed by atoms with van der Waals surface area (Å²) >= 11 is 0. The van der Waals surface area contributed by atoms with Crippen LogP contribution in [0.5, 0.6) is 5.75 Å². The van der Waals surface area contributed by atoms with Crippen molar-refractivity contribution in [2.45, 2.75) is 44.6 Å². The highest BCUT2D eigenvalue weighted by atomic mass is 16.5. The van der Waals surface area contributed by atoms with E-state index in [2.05, 4.69) is 15.5 Å². The zero-order valence-corrected chi connectivity index (χ0v) is 17.2. The van der Waals surface area contributed by atoms with Gasteiger partial charge in [0.2, 0.25) is 18.2 Å². The van der Waals surface area contributed by atoms with Gasteiger partial charge in [0, 0.05) is 0 Å². The largest absolute Gasteiger partial charge is 0.493 e. The van der Waals surface area contributed by atoms with Gasteiger partial charge in [-0.05, 0) is 48.9 Å². The number of hydrogen-bond donors (Lipinski definition) is 1. The minimum Gasteiger partial charge on any atom is -0.493 e. The molecule has 0 spiro atoms. The molecule has 0 aliphatic heterocycles. The predicted octanol–water partition coefficient (Wildman–Crippen LogP) is 4.45. The number of nitrogens with one attached hydrogen (secondary N) is 1. The topological polar surface area (TPSA) is 77.3 Å². The number of hydrogen-bond acceptors (Lipinski definition) is 5. The van der Waals surface area contributed by atoms with Crippen molar-refractivity contribution >= 4 is 5.91 Å². The van der Waals surface area contributed by atoms with Gasteiger partial charge >= 0.3 is 0 Å². The van der Waals surface area contributed by atoms with E-state index in [0.29, 0.717) is 18.2 Å². The SMILES string of the molecule is C[C@H](C(=O)N[C@@H](Cc1nnco1)c1ccc(OCC2CCC2)cc1)c1ccccc1. The van der Waals surface area contributed by atoms with Crippen molar-refractivity contribution in [2.24, 2.45) is 5.92 Å². The van der Waals surface area contributed by atoms with Crippen molar-refractivity contribution in [2.75, 3.05) is 6.61 Å². The van der Waals surface area contributed by atoms with Crippen LogP contribution in [0.4, 0.5) is 0 Å². The summed E-state index contributed by atoms with van der Waals surface area (Å²) in [5.74, 6) is 1.72. The second kappa shape index (κ2) is 9.57. The van der Waals surface area contributed by atoms with Gasteiger partial charge in [-0.1, -0.05) is 48.9 Å². The average Bonchev–Trinajstić information content (AvgIpc) is 3.26. The zero-order chi connectivity index (χ0) is 20.8. The highest BCUT2D eigenvalue weighted by Gasteiger charge is 2.22. The first-order chi connectivity index (χ1) is 14.7. The van der Waals surface area contributed by atoms with Crippen LogP contribution in [0, 0.1) is 5.92 Å². The molecule has 1 aliphatic rings. The first-order valence-corrected chi connectivity index (χ1v) is 10.5. The van der Waals surface area contributed by atoms with Crippen LogP contribution in [-0.2, 0) is 11.2 Å². The second-order valence-corrected chi connectivity index (χ2v) is 7.91. The van der Waals surface area contributed by atoms with Crippen molar-refractivity contribution in [3.63, 3.8) is 0 Å². The second-order valence-electron chi connectivity index (χ2n) is 7.91. The maximum atomic E-state index is 12.9. The lowest BCUT2D eigenvalue weighted by atomic mass is 9.86. The molecule has 6 heteroatoms. The molecule has 0 radical (unpaired) electrons. The smallest absolute Gasteiger partial charge is 0.227 e. The van der Waals surface area contributed by atoms with Gasteiger partial charge < -0.3 is 14.5 Å². The normalized spacial score (nSPS) is 15.8. The molecule has 1 saturated carbocycles. The molecule has 1 aromatic heterocycles. The number of amides is 1. The van der Waals surface area contributed by atoms with Crippen LogP contribution in [0.1, 0.15) is 55.2 Å². The van der Waals surface area contributed by atoms with Crippen molar-refractivity contribution in [1.29, 1.82) is 0 Å². The number of carbonyl (C=O) groups excluding carboxylic acids is 1. The van der Waals surface area contributed by atoms with Crippen molar-refractivity contribution in [3.8, 4) is 5.75 Å². The maximum Gasteiger partial charge on any atom is 0.227 e. The first-order valence-electron chi connectivity index (χ1n) is 10.5. The maximum absolute atomic E-state index is 12.9. The van der Waals surface area contributed by atoms with Crippen LogP contribution in [0.25, 0.3) is 0 Å². The van der Waals surface area contributed by atoms with Gasteiger partial charge in [0.25, 0.3) is 0 Å². The van der Waals surface area contributed by atoms with Crippen molar-refractivity contribution < 1.29 is 13.9 Å². The summed E-state index contributed by atoms with van der Waals surface area (Å²) in [6.07, 6.45) is 5.56. The van der Waals surface area contributed by atoms with Crippen LogP contribution >= 0.6 is 0 Å². The molecule has 2 aromatic carbocycles. The third kappa shape index (κ3) is 5.06. The van der Waals surface area contributed by atoms with Crippen LogP contribution in [0.2, 0.25) is 0 Å². The number of benzene rings is 2. The van der Waals surface area contributed by atoms with Gasteiger partial charge in [-0.3, -0.25) is 4.79 Å². The van der Waals surface area contributed by atoms with Crippen LogP contribution in [0.15, 0.2) is 65.4 Å². The van der Waals surface area contributed by atoms with E-state index in [9.17, 15) is 4.79 Å². The third-order valence-corrected chi connectivity index (χ3v) is 5.79. The Labute approximate surface area is 176 Å². The predicted molar refractivity (Wildman–Crippen MR) is 113 cm³/mol. The standard InChI is InChI=1S/C24H27N3O3/c1-17(19-8-3-2-4-9-19)24(28)26-22(14-23-27-25-16-30-23)20-10-12-21(13-11-20)29-15-18-6-5-7-18/h2-4,8-13,16-18,22H,5-7,14-15H2,1H3,(H,26,28)/t17-,22-/m0/s1. The lowest BCUT2D eigenvalue weighted by Gasteiger charge is -2.25. The number of ether oxygens (including phenoxy) is 1. The van der Waals surface area contributed by atoms with Crippen LogP contribution < -0.4 is 10.1 Å². The molecular weight excluding hydrogens is 378 g/mol. The summed E-state index contributed by atoms with van der Waals surface area (Å²) in [6.45, 7) is 2.68. The molecule has 30 heavy (non-hydrogen) atoms. The number of rotatable bonds is 9. The van der Waals surface area contributed by atoms with Gasteiger partial charge in [-0.25, -0.2) is 0 Å². The lowest BCUT2D eigenvalue weighted by Crippen LogP contribution is -2.33. The summed E-state index contributed by atoms with van der Waals surface area (Å²) in [5, 5.41) is 10.9. The molecule has 156 valence electrons. The van der Waals surface area contributed by atoms with E-state index in [0.717, 1.165) is 23.5 Å². The fraction of sp³-hybridized carbons (Fsp3) is 0.375. The molecule has 0 unspecified atom stereocenters. The van der Waals surface area contributed by atoms with Crippen LogP contribution in [-0.4, -0.2) is 22.7 Å². The van der Waals surface area contributed by atoms with Gasteiger partial charge in [-0.15, -0.1) is 10.2 Å². The molecule has 1 heterocycles. The summed E-state index contributed by atoms with van der Waals surface area (Å²) in [6, 6.07) is 17.4. The van der Waals surface area contributed by atoms with Crippen LogP contribution in [0.3, 0.4) is 0 Å². The Morgan fingerprint density at radius 2 is 1.90 bits per heavy atom. The Bertz CT molecular complexity index is 922. The molecule has 0 saturated heterocycles. The molecule has 2 atom stereocenters. The van der Waals surface area contributed by atoms with Gasteiger partial charge in [0.15, 0.2) is 0 Å². The van der Waals surface area contributed by atoms with Crippen molar-refractivity contribution in [1.82, 2.24) is 15.5 Å². The minimum atomic E-state index is -0.273. The molecule has 1 amide bonds. The Balaban J connectivity index is 1.45. The Morgan fingerprint density at radius 3 is 2.53 bits per heavy atom. The highest BCUT2D eigenvalue weighted by molar-refractivity contribution is 5.83. The van der Waals surface area contributed by atoms with E-state index >= 15 is 0 Å². The quantitative estimate of drug-likeness (QED) is 0.569. The molecule has 0 bridgehead atoms. The van der Waals surface area contributed by atoms with E-state index in [1.54, 1.807) is 0 Å². The summed E-state index contributed by atoms with van der Waals surface area (Å²) < 4.78 is 11.2. The molecular formula is C24H27N3O3. The fourth-order valence-electron chi connectivity index (χ4n) is 3.57. The number of nitrogens with zero attached hydrogens (tertiary/aromatic N) is 2. The monoisotopic (exact) mass is 405 g/mol. The molecule has 4 rings (SSSR count). The van der Waals surface area contributed by atoms with E-state index < -0.39 is 0 Å². The Kier molecular flexibility index (Phi) is 6.42. The Hall–Kier alpha value is -3.15. The van der Waals surface area contributed by atoms with Gasteiger partial charge in [0.1, 0.15) is 5.75 Å². The van der Waals surface area contributed by atoms with E-state index in [1.165, 1.54) is 25.7 Å². The number of carbonyl (C=O) groups is 1. The molecule has 1 fully saturated rings. The fourth-order valence-corrected chi connectivity index (χ4v) is 3.57. The summed E-state index contributed by atoms with van der Waals surface area (Å²) in [5.41, 5.74) is 1.95. The summed E-state index contributed by atoms with van der Waals surface area (Å²) in [7, 11) is 0. The van der Waals surface area contributed by atoms with Crippen molar-refractivity contribution in [3.05, 3.63) is 78.0 Å². The molecule has 6 nitrogen and oxygen atoms in total. The Morgan fingerprint density at radius 1 is 1.13 bits per heavy atom. The third-order valence-electron chi connectivity index (χ3n) is 5.79. The highest BCUT2D eigenvalue weighted by Crippen LogP contribution is 2.28. The molecule has 3 aromatic rings. The lowest BCUT2D eigenvalue weighted by molar-refractivity contribution is -0.123. The number of aromatic nitrogens is 2. The average molecular weight is 405 g/mol. The van der Waals surface area contributed by atoms with E-state index in [1.807, 2.05) is 61.5 Å². The van der Waals surface area contributed by atoms with E-state index in [-0.39, 0.29) is 17.9 Å². The van der Waals surface area contributed by atoms with Gasteiger partial charge in [0.05, 0.1) is 25.0 Å². The zero-order valence-electron chi connectivity index (χ0n) is 17.2.